The lowest BCUT2D eigenvalue weighted by Gasteiger charge is -2.15. The average Bonchev–Trinajstić information content (AvgIpc) is 3.30. The molecule has 0 atom stereocenters. The monoisotopic (exact) mass is 430 g/mol. The van der Waals surface area contributed by atoms with Gasteiger partial charge >= 0.3 is 0 Å². The molecule has 29 heavy (non-hydrogen) atoms. The molecule has 0 radical (unpaired) electrons. The van der Waals surface area contributed by atoms with E-state index in [-0.39, 0.29) is 10.9 Å². The van der Waals surface area contributed by atoms with E-state index >= 15 is 0 Å². The number of aromatic nitrogens is 1. The highest BCUT2D eigenvalue weighted by molar-refractivity contribution is 8.14. The number of anilines is 1. The third-order valence-electron chi connectivity index (χ3n) is 3.92. The highest BCUT2D eigenvalue weighted by Crippen LogP contribution is 2.36. The SMILES string of the molecule is CC(C)(C)C(=O)c1sc(N)nc1-c1ccc(OCCSC(=O)c2ccccc2)o1. The molecule has 3 aromatic rings. The van der Waals surface area contributed by atoms with E-state index < -0.39 is 5.41 Å². The molecule has 152 valence electrons. The van der Waals surface area contributed by atoms with Crippen LogP contribution < -0.4 is 10.5 Å². The van der Waals surface area contributed by atoms with Crippen molar-refractivity contribution in [3.8, 4) is 17.4 Å². The Labute approximate surface area is 177 Å². The van der Waals surface area contributed by atoms with Gasteiger partial charge in [0, 0.05) is 22.8 Å². The van der Waals surface area contributed by atoms with Gasteiger partial charge < -0.3 is 14.9 Å². The fraction of sp³-hybridized carbons (Fsp3) is 0.286. The van der Waals surface area contributed by atoms with Crippen molar-refractivity contribution in [1.29, 1.82) is 0 Å². The molecule has 0 saturated heterocycles. The minimum Gasteiger partial charge on any atom is -0.464 e. The second-order valence-corrected chi connectivity index (χ2v) is 9.38. The van der Waals surface area contributed by atoms with Gasteiger partial charge in [-0.05, 0) is 6.07 Å². The van der Waals surface area contributed by atoms with Gasteiger partial charge in [0.15, 0.2) is 16.7 Å². The van der Waals surface area contributed by atoms with Crippen molar-refractivity contribution in [2.45, 2.75) is 20.8 Å². The van der Waals surface area contributed by atoms with Gasteiger partial charge in [0.05, 0.1) is 0 Å². The van der Waals surface area contributed by atoms with Gasteiger partial charge in [0.2, 0.25) is 5.12 Å². The number of nitrogens with zero attached hydrogens (tertiary/aromatic N) is 1. The van der Waals surface area contributed by atoms with E-state index in [0.717, 1.165) is 11.3 Å². The van der Waals surface area contributed by atoms with Crippen LogP contribution in [0.4, 0.5) is 5.13 Å². The van der Waals surface area contributed by atoms with Crippen LogP contribution in [0.25, 0.3) is 11.5 Å². The summed E-state index contributed by atoms with van der Waals surface area (Å²) >= 11 is 2.34. The van der Waals surface area contributed by atoms with Crippen LogP contribution in [0.2, 0.25) is 0 Å². The molecule has 0 fully saturated rings. The summed E-state index contributed by atoms with van der Waals surface area (Å²) in [4.78, 5) is 29.5. The lowest BCUT2D eigenvalue weighted by atomic mass is 9.89. The van der Waals surface area contributed by atoms with Gasteiger partial charge in [-0.1, -0.05) is 74.2 Å². The minimum atomic E-state index is -0.553. The summed E-state index contributed by atoms with van der Waals surface area (Å²) in [5.74, 6) is 1.17. The maximum absolute atomic E-state index is 12.7. The number of carbonyl (C=O) groups excluding carboxylic acids is 2. The van der Waals surface area contributed by atoms with Crippen molar-refractivity contribution in [2.24, 2.45) is 5.41 Å². The number of benzene rings is 1. The third kappa shape index (κ3) is 5.27. The van der Waals surface area contributed by atoms with Gasteiger partial charge in [-0.3, -0.25) is 9.59 Å². The van der Waals surface area contributed by atoms with Crippen molar-refractivity contribution in [2.75, 3.05) is 18.1 Å². The highest BCUT2D eigenvalue weighted by Gasteiger charge is 2.29. The first-order valence-corrected chi connectivity index (χ1v) is 10.8. The molecule has 0 bridgehead atoms. The standard InChI is InChI=1S/C21H22N2O4S2/c1-21(2,3)18(24)17-16(23-20(22)29-17)14-9-10-15(27-14)26-11-12-28-19(25)13-7-5-4-6-8-13/h4-10H,11-12H2,1-3H3,(H2,22,23). The number of thioether (sulfide) groups is 1. The summed E-state index contributed by atoms with van der Waals surface area (Å²) in [7, 11) is 0. The second-order valence-electron chi connectivity index (χ2n) is 7.28. The van der Waals surface area contributed by atoms with Gasteiger partial charge in [-0.25, -0.2) is 4.98 Å². The predicted octanol–water partition coefficient (Wildman–Crippen LogP) is 5.17. The largest absolute Gasteiger partial charge is 0.464 e. The number of thiazole rings is 1. The van der Waals surface area contributed by atoms with E-state index in [0.29, 0.717) is 45.3 Å². The molecule has 1 aromatic carbocycles. The summed E-state index contributed by atoms with van der Waals surface area (Å²) in [6, 6.07) is 12.5. The van der Waals surface area contributed by atoms with E-state index in [1.165, 1.54) is 11.8 Å². The number of furan rings is 1. The molecule has 0 spiro atoms. The number of ketones is 1. The number of ether oxygens (including phenoxy) is 1. The molecule has 0 amide bonds. The van der Waals surface area contributed by atoms with Gasteiger partial charge in [0.1, 0.15) is 17.2 Å². The summed E-state index contributed by atoms with van der Waals surface area (Å²) < 4.78 is 11.3. The van der Waals surface area contributed by atoms with Gasteiger partial charge in [-0.2, -0.15) is 0 Å². The normalized spacial score (nSPS) is 11.4. The van der Waals surface area contributed by atoms with Crippen molar-refractivity contribution < 1.29 is 18.7 Å². The summed E-state index contributed by atoms with van der Waals surface area (Å²) in [6.07, 6.45) is 0. The zero-order chi connectivity index (χ0) is 21.0. The summed E-state index contributed by atoms with van der Waals surface area (Å²) in [6.45, 7) is 5.85. The molecule has 6 nitrogen and oxygen atoms in total. The van der Waals surface area contributed by atoms with Gasteiger partial charge in [0.25, 0.3) is 5.95 Å². The maximum Gasteiger partial charge on any atom is 0.284 e. The quantitative estimate of drug-likeness (QED) is 0.408. The average molecular weight is 431 g/mol. The second kappa shape index (κ2) is 8.84. The number of carbonyl (C=O) groups is 2. The number of rotatable bonds is 7. The van der Waals surface area contributed by atoms with Crippen LogP contribution in [0.1, 0.15) is 40.8 Å². The molecule has 2 N–H and O–H groups in total. The highest BCUT2D eigenvalue weighted by atomic mass is 32.2. The lowest BCUT2D eigenvalue weighted by molar-refractivity contribution is 0.0863. The van der Waals surface area contributed by atoms with Crippen LogP contribution in [0.5, 0.6) is 5.95 Å². The Morgan fingerprint density at radius 2 is 1.90 bits per heavy atom. The Balaban J connectivity index is 1.60. The van der Waals surface area contributed by atoms with E-state index in [2.05, 4.69) is 4.98 Å². The molecule has 0 aliphatic heterocycles. The van der Waals surface area contributed by atoms with Crippen LogP contribution >= 0.6 is 23.1 Å². The van der Waals surface area contributed by atoms with Gasteiger partial charge in [-0.15, -0.1) is 0 Å². The number of hydrogen-bond donors (Lipinski definition) is 1. The van der Waals surface area contributed by atoms with E-state index in [4.69, 9.17) is 14.9 Å². The number of Topliss-reactive ketones (excluding diaryl/α,β-unsaturated/α-hetero) is 1. The Bertz CT molecular complexity index is 1000. The van der Waals surface area contributed by atoms with Crippen LogP contribution in [-0.2, 0) is 0 Å². The number of nitrogens with two attached hydrogens (primary N) is 1. The molecule has 2 heterocycles. The molecular formula is C21H22N2O4S2. The topological polar surface area (TPSA) is 95.4 Å². The molecule has 2 aromatic heterocycles. The smallest absolute Gasteiger partial charge is 0.284 e. The van der Waals surface area contributed by atoms with E-state index in [1.807, 2.05) is 39.0 Å². The fourth-order valence-corrected chi connectivity index (χ4v) is 4.10. The Hall–Kier alpha value is -2.58. The van der Waals surface area contributed by atoms with Crippen molar-refractivity contribution in [3.05, 3.63) is 52.9 Å². The van der Waals surface area contributed by atoms with E-state index in [9.17, 15) is 9.59 Å². The van der Waals surface area contributed by atoms with E-state index in [1.54, 1.807) is 24.3 Å². The molecule has 0 saturated carbocycles. The fourth-order valence-electron chi connectivity index (χ4n) is 2.46. The maximum atomic E-state index is 12.7. The predicted molar refractivity (Wildman–Crippen MR) is 117 cm³/mol. The molecule has 0 aliphatic rings. The first-order chi connectivity index (χ1) is 13.8. The molecular weight excluding hydrogens is 408 g/mol. The Kier molecular flexibility index (Phi) is 6.44. The number of hydrogen-bond acceptors (Lipinski definition) is 8. The first kappa shape index (κ1) is 21.1. The Morgan fingerprint density at radius 1 is 1.17 bits per heavy atom. The zero-order valence-corrected chi connectivity index (χ0v) is 18.1. The van der Waals surface area contributed by atoms with Crippen molar-refractivity contribution in [1.82, 2.24) is 4.98 Å². The Morgan fingerprint density at radius 3 is 2.59 bits per heavy atom. The first-order valence-electron chi connectivity index (χ1n) is 9.02. The third-order valence-corrected chi connectivity index (χ3v) is 5.67. The summed E-state index contributed by atoms with van der Waals surface area (Å²) in [5.41, 5.74) is 6.36. The van der Waals surface area contributed by atoms with Crippen LogP contribution in [-0.4, -0.2) is 28.2 Å². The molecule has 3 rings (SSSR count). The lowest BCUT2D eigenvalue weighted by Crippen LogP contribution is -2.19. The molecule has 0 aliphatic carbocycles. The molecule has 8 heteroatoms. The van der Waals surface area contributed by atoms with Crippen LogP contribution in [0.3, 0.4) is 0 Å². The summed E-state index contributed by atoms with van der Waals surface area (Å²) in [5, 5.41) is 0.305. The minimum absolute atomic E-state index is 0.00221. The van der Waals surface area contributed by atoms with Crippen molar-refractivity contribution >= 4 is 39.1 Å². The number of nitrogen functional groups attached to an aromatic ring is 1. The van der Waals surface area contributed by atoms with Crippen LogP contribution in [0.15, 0.2) is 46.9 Å². The zero-order valence-electron chi connectivity index (χ0n) is 16.4. The van der Waals surface area contributed by atoms with Crippen molar-refractivity contribution in [3.63, 3.8) is 0 Å². The van der Waals surface area contributed by atoms with Crippen LogP contribution in [0, 0.1) is 5.41 Å². The molecule has 0 unspecified atom stereocenters.